The number of nitro groups is 1. The van der Waals surface area contributed by atoms with Crippen molar-refractivity contribution < 1.29 is 19.6 Å². The normalized spacial score (nSPS) is 16.0. The van der Waals surface area contributed by atoms with Crippen LogP contribution < -0.4 is 10.6 Å². The van der Waals surface area contributed by atoms with Gasteiger partial charge in [-0.15, -0.1) is 0 Å². The molecule has 9 nitrogen and oxygen atoms in total. The summed E-state index contributed by atoms with van der Waals surface area (Å²) in [6, 6.07) is 2.17. The van der Waals surface area contributed by atoms with E-state index < -0.39 is 16.9 Å². The van der Waals surface area contributed by atoms with Gasteiger partial charge < -0.3 is 25.0 Å². The van der Waals surface area contributed by atoms with Gasteiger partial charge in [0.05, 0.1) is 18.1 Å². The van der Waals surface area contributed by atoms with E-state index in [9.17, 15) is 20.0 Å². The van der Waals surface area contributed by atoms with Gasteiger partial charge in [-0.25, -0.2) is 0 Å². The van der Waals surface area contributed by atoms with E-state index in [0.717, 1.165) is 16.9 Å². The number of nitrogens with two attached hydrogens (primary N) is 1. The average Bonchev–Trinajstić information content (AvgIpc) is 2.87. The Labute approximate surface area is 150 Å². The zero-order valence-electron chi connectivity index (χ0n) is 14.8. The molecule has 0 spiro atoms. The minimum Gasteiger partial charge on any atom is -0.480 e. The number of aromatic nitrogens is 1. The highest BCUT2D eigenvalue weighted by Gasteiger charge is 2.28. The van der Waals surface area contributed by atoms with Crippen LogP contribution in [0.2, 0.25) is 0 Å². The zero-order chi connectivity index (χ0) is 19.0. The highest BCUT2D eigenvalue weighted by atomic mass is 16.6. The van der Waals surface area contributed by atoms with E-state index in [1.54, 1.807) is 17.7 Å². The second-order valence-corrected chi connectivity index (χ2v) is 6.46. The summed E-state index contributed by atoms with van der Waals surface area (Å²) >= 11 is 0. The molecule has 0 saturated carbocycles. The van der Waals surface area contributed by atoms with E-state index in [0.29, 0.717) is 37.2 Å². The predicted octanol–water partition coefficient (Wildman–Crippen LogP) is 1.19. The lowest BCUT2D eigenvalue weighted by atomic mass is 10.0. The number of non-ortho nitro benzene ring substituents is 1. The van der Waals surface area contributed by atoms with Gasteiger partial charge >= 0.3 is 5.97 Å². The highest BCUT2D eigenvalue weighted by Crippen LogP contribution is 2.39. The fourth-order valence-corrected chi connectivity index (χ4v) is 3.53. The number of carboxylic acids is 1. The van der Waals surface area contributed by atoms with Crippen molar-refractivity contribution in [1.29, 1.82) is 0 Å². The number of ether oxygens (including phenoxy) is 1. The summed E-state index contributed by atoms with van der Waals surface area (Å²) in [5.74, 6) is -1.10. The molecule has 1 fully saturated rings. The predicted molar refractivity (Wildman–Crippen MR) is 96.7 cm³/mol. The monoisotopic (exact) mass is 362 g/mol. The Bertz CT molecular complexity index is 870. The van der Waals surface area contributed by atoms with Crippen LogP contribution in [0.3, 0.4) is 0 Å². The second-order valence-electron chi connectivity index (χ2n) is 6.46. The van der Waals surface area contributed by atoms with Gasteiger partial charge in [0, 0.05) is 49.4 Å². The lowest BCUT2D eigenvalue weighted by Crippen LogP contribution is -2.36. The van der Waals surface area contributed by atoms with Gasteiger partial charge in [0.15, 0.2) is 0 Å². The largest absolute Gasteiger partial charge is 0.480 e. The number of aryl methyl sites for hydroxylation is 1. The summed E-state index contributed by atoms with van der Waals surface area (Å²) < 4.78 is 7.15. The Morgan fingerprint density at radius 2 is 2.08 bits per heavy atom. The summed E-state index contributed by atoms with van der Waals surface area (Å²) in [5, 5.41) is 21.5. The number of benzene rings is 1. The van der Waals surface area contributed by atoms with Gasteiger partial charge in [0.1, 0.15) is 11.6 Å². The third-order valence-corrected chi connectivity index (χ3v) is 5.00. The van der Waals surface area contributed by atoms with Crippen molar-refractivity contribution in [3.8, 4) is 0 Å². The van der Waals surface area contributed by atoms with Crippen LogP contribution in [-0.2, 0) is 23.0 Å². The summed E-state index contributed by atoms with van der Waals surface area (Å²) in [5.41, 5.74) is 8.62. The van der Waals surface area contributed by atoms with Crippen molar-refractivity contribution in [3.05, 3.63) is 33.5 Å². The molecule has 1 aliphatic rings. The molecular weight excluding hydrogens is 340 g/mol. The molecule has 1 saturated heterocycles. The fourth-order valence-electron chi connectivity index (χ4n) is 3.53. The number of nitro benzene ring substituents is 1. The number of aliphatic carboxylic acids is 1. The van der Waals surface area contributed by atoms with Gasteiger partial charge in [-0.3, -0.25) is 14.9 Å². The zero-order valence-corrected chi connectivity index (χ0v) is 14.8. The maximum atomic E-state index is 11.5. The van der Waals surface area contributed by atoms with E-state index in [1.165, 1.54) is 6.07 Å². The van der Waals surface area contributed by atoms with Crippen LogP contribution in [0, 0.1) is 17.0 Å². The minimum absolute atomic E-state index is 0.00208. The first kappa shape index (κ1) is 18.2. The Balaban J connectivity index is 2.27. The van der Waals surface area contributed by atoms with Gasteiger partial charge in [0.2, 0.25) is 0 Å². The molecule has 1 aliphatic heterocycles. The van der Waals surface area contributed by atoms with Crippen molar-refractivity contribution in [2.45, 2.75) is 19.4 Å². The highest BCUT2D eigenvalue weighted by molar-refractivity contribution is 6.02. The van der Waals surface area contributed by atoms with Crippen molar-refractivity contribution in [2.75, 3.05) is 31.2 Å². The lowest BCUT2D eigenvalue weighted by molar-refractivity contribution is -0.383. The molecule has 3 rings (SSSR count). The third-order valence-electron chi connectivity index (χ3n) is 5.00. The lowest BCUT2D eigenvalue weighted by Gasteiger charge is -2.29. The van der Waals surface area contributed by atoms with Crippen LogP contribution in [0.25, 0.3) is 10.9 Å². The summed E-state index contributed by atoms with van der Waals surface area (Å²) in [7, 11) is 1.75. The number of hydrogen-bond donors (Lipinski definition) is 2. The molecule has 9 heteroatoms. The summed E-state index contributed by atoms with van der Waals surface area (Å²) in [6.07, 6.45) is 0.108. The van der Waals surface area contributed by atoms with Crippen LogP contribution in [0.15, 0.2) is 12.1 Å². The van der Waals surface area contributed by atoms with Crippen LogP contribution in [-0.4, -0.2) is 52.9 Å². The number of morpholine rings is 1. The number of anilines is 1. The number of fused-ring (bicyclic) bond motifs is 1. The molecule has 1 aromatic carbocycles. The maximum Gasteiger partial charge on any atom is 0.320 e. The number of rotatable bonds is 5. The van der Waals surface area contributed by atoms with Gasteiger partial charge in [0.25, 0.3) is 5.69 Å². The first-order valence-corrected chi connectivity index (χ1v) is 8.39. The second kappa shape index (κ2) is 6.93. The Hall–Kier alpha value is -2.65. The first-order valence-electron chi connectivity index (χ1n) is 8.39. The van der Waals surface area contributed by atoms with Crippen molar-refractivity contribution >= 4 is 28.2 Å². The van der Waals surface area contributed by atoms with Gasteiger partial charge in [-0.2, -0.15) is 0 Å². The summed E-state index contributed by atoms with van der Waals surface area (Å²) in [4.78, 5) is 24.5. The van der Waals surface area contributed by atoms with E-state index in [1.807, 2.05) is 6.92 Å². The Morgan fingerprint density at radius 3 is 2.65 bits per heavy atom. The molecular formula is C17H22N4O5. The molecule has 0 aliphatic carbocycles. The minimum atomic E-state index is -1.10. The van der Waals surface area contributed by atoms with Crippen LogP contribution in [0.4, 0.5) is 11.4 Å². The average molecular weight is 362 g/mol. The molecule has 3 N–H and O–H groups in total. The summed E-state index contributed by atoms with van der Waals surface area (Å²) in [6.45, 7) is 4.33. The van der Waals surface area contributed by atoms with Gasteiger partial charge in [-0.1, -0.05) is 0 Å². The van der Waals surface area contributed by atoms with E-state index in [4.69, 9.17) is 10.5 Å². The van der Waals surface area contributed by atoms with Crippen molar-refractivity contribution in [1.82, 2.24) is 4.57 Å². The Morgan fingerprint density at radius 1 is 1.42 bits per heavy atom. The molecule has 2 aromatic rings. The Kier molecular flexibility index (Phi) is 4.84. The van der Waals surface area contributed by atoms with E-state index >= 15 is 0 Å². The molecule has 140 valence electrons. The molecule has 1 aromatic heterocycles. The molecule has 0 amide bonds. The van der Waals surface area contributed by atoms with E-state index in [2.05, 4.69) is 4.90 Å². The topological polar surface area (TPSA) is 124 Å². The number of nitrogens with zero attached hydrogens (tertiary/aromatic N) is 3. The fraction of sp³-hybridized carbons (Fsp3) is 0.471. The van der Waals surface area contributed by atoms with Crippen LogP contribution >= 0.6 is 0 Å². The maximum absolute atomic E-state index is 11.5. The van der Waals surface area contributed by atoms with Crippen molar-refractivity contribution in [2.24, 2.45) is 12.8 Å². The van der Waals surface area contributed by atoms with Crippen LogP contribution in [0.5, 0.6) is 0 Å². The van der Waals surface area contributed by atoms with Crippen molar-refractivity contribution in [3.63, 3.8) is 0 Å². The molecule has 1 atom stereocenters. The molecule has 0 bridgehead atoms. The first-order chi connectivity index (χ1) is 12.3. The molecule has 1 unspecified atom stereocenters. The quantitative estimate of drug-likeness (QED) is 0.604. The molecule has 2 heterocycles. The van der Waals surface area contributed by atoms with E-state index in [-0.39, 0.29) is 12.1 Å². The smallest absolute Gasteiger partial charge is 0.320 e. The number of carboxylic acid groups (broad SMARTS) is 1. The molecule has 26 heavy (non-hydrogen) atoms. The standard InChI is InChI=1S/C17H22N4O5/c1-10-11(9-12(18)17(22)23)15-13(20-5-7-26-8-6-20)3-4-14(21(24)25)16(15)19(10)2/h3-4,12H,5-9,18H2,1-2H3,(H,22,23). The van der Waals surface area contributed by atoms with Crippen LogP contribution in [0.1, 0.15) is 11.3 Å². The third kappa shape index (κ3) is 2.99. The SMILES string of the molecule is Cc1c(CC(N)C(=O)O)c2c(N3CCOCC3)ccc([N+](=O)[O-])c2n1C. The number of carbonyl (C=O) groups is 1. The number of hydrogen-bond acceptors (Lipinski definition) is 6. The molecule has 0 radical (unpaired) electrons. The van der Waals surface area contributed by atoms with Gasteiger partial charge in [-0.05, 0) is 18.6 Å².